The number of rotatable bonds is 1. The Morgan fingerprint density at radius 1 is 1.46 bits per heavy atom. The highest BCUT2D eigenvalue weighted by Crippen LogP contribution is 2.20. The first-order valence-electron chi connectivity index (χ1n) is 3.79. The van der Waals surface area contributed by atoms with Gasteiger partial charge >= 0.3 is 0 Å². The van der Waals surface area contributed by atoms with Crippen molar-refractivity contribution in [1.82, 2.24) is 4.98 Å². The highest BCUT2D eigenvalue weighted by Gasteiger charge is 2.11. The van der Waals surface area contributed by atoms with Crippen molar-refractivity contribution >= 4 is 0 Å². The third-order valence-corrected chi connectivity index (χ3v) is 1.90. The molecular weight excluding hydrogens is 168 g/mol. The fraction of sp³-hybridized carbons (Fsp3) is 0.333. The van der Waals surface area contributed by atoms with Gasteiger partial charge < -0.3 is 9.72 Å². The quantitative estimate of drug-likeness (QED) is 0.693. The molecule has 4 heteroatoms. The maximum absolute atomic E-state index is 11.2. The fourth-order valence-corrected chi connectivity index (χ4v) is 1.30. The average Bonchev–Trinajstić information content (AvgIpc) is 2.04. The van der Waals surface area contributed by atoms with E-state index >= 15 is 0 Å². The summed E-state index contributed by atoms with van der Waals surface area (Å²) in [6.45, 7) is 3.42. The standard InChI is InChI=1S/C9H10N2O2/c1-5-7(4-10)9(12)11-6(2)8(5)13-3/h1-3H3,(H,11,12). The Labute approximate surface area is 75.8 Å². The second-order valence-electron chi connectivity index (χ2n) is 2.72. The minimum absolute atomic E-state index is 0.113. The van der Waals surface area contributed by atoms with Crippen molar-refractivity contribution in [3.63, 3.8) is 0 Å². The molecule has 0 saturated carbocycles. The van der Waals surface area contributed by atoms with Crippen molar-refractivity contribution in [2.75, 3.05) is 7.11 Å². The number of hydrogen-bond acceptors (Lipinski definition) is 3. The number of aromatic nitrogens is 1. The second kappa shape index (κ2) is 3.31. The number of nitrogens with zero attached hydrogens (tertiary/aromatic N) is 1. The van der Waals surface area contributed by atoms with Crippen LogP contribution in [0.25, 0.3) is 0 Å². The SMILES string of the molecule is COc1c(C)[nH]c(=O)c(C#N)c1C. The Balaban J connectivity index is 3.60. The van der Waals surface area contributed by atoms with Gasteiger partial charge in [-0.1, -0.05) is 0 Å². The van der Waals surface area contributed by atoms with Gasteiger partial charge in [-0.25, -0.2) is 0 Å². The molecule has 0 fully saturated rings. The number of pyridine rings is 1. The molecule has 1 aromatic heterocycles. The fourth-order valence-electron chi connectivity index (χ4n) is 1.30. The predicted molar refractivity (Wildman–Crippen MR) is 47.8 cm³/mol. The van der Waals surface area contributed by atoms with E-state index in [0.29, 0.717) is 17.0 Å². The number of aryl methyl sites for hydroxylation is 1. The van der Waals surface area contributed by atoms with Gasteiger partial charge in [0, 0.05) is 5.56 Å². The maximum atomic E-state index is 11.2. The van der Waals surface area contributed by atoms with E-state index in [0.717, 1.165) is 0 Å². The molecule has 1 N–H and O–H groups in total. The van der Waals surface area contributed by atoms with Gasteiger partial charge in [0.2, 0.25) is 0 Å². The zero-order valence-corrected chi connectivity index (χ0v) is 7.76. The van der Waals surface area contributed by atoms with Crippen LogP contribution in [0.1, 0.15) is 16.8 Å². The molecule has 0 aliphatic heterocycles. The van der Waals surface area contributed by atoms with E-state index in [1.807, 2.05) is 6.07 Å². The van der Waals surface area contributed by atoms with Crippen LogP contribution in [-0.4, -0.2) is 12.1 Å². The van der Waals surface area contributed by atoms with Gasteiger partial charge in [-0.05, 0) is 13.8 Å². The Hall–Kier alpha value is -1.76. The number of aromatic amines is 1. The van der Waals surface area contributed by atoms with Gasteiger partial charge in [-0.2, -0.15) is 5.26 Å². The van der Waals surface area contributed by atoms with E-state index in [1.54, 1.807) is 13.8 Å². The number of nitrogens with one attached hydrogen (secondary N) is 1. The average molecular weight is 178 g/mol. The molecule has 1 aromatic rings. The molecule has 0 spiro atoms. The van der Waals surface area contributed by atoms with E-state index in [4.69, 9.17) is 10.00 Å². The number of H-pyrrole nitrogens is 1. The van der Waals surface area contributed by atoms with Gasteiger partial charge in [0.15, 0.2) is 0 Å². The minimum atomic E-state index is -0.363. The second-order valence-corrected chi connectivity index (χ2v) is 2.72. The van der Waals surface area contributed by atoms with Crippen molar-refractivity contribution < 1.29 is 4.74 Å². The molecule has 4 nitrogen and oxygen atoms in total. The molecule has 0 aromatic carbocycles. The lowest BCUT2D eigenvalue weighted by molar-refractivity contribution is 0.405. The van der Waals surface area contributed by atoms with E-state index in [-0.39, 0.29) is 11.1 Å². The van der Waals surface area contributed by atoms with E-state index in [1.165, 1.54) is 7.11 Å². The summed E-state index contributed by atoms with van der Waals surface area (Å²) in [5.41, 5.74) is 0.982. The molecule has 0 bridgehead atoms. The van der Waals surface area contributed by atoms with E-state index in [2.05, 4.69) is 4.98 Å². The lowest BCUT2D eigenvalue weighted by Gasteiger charge is -2.07. The van der Waals surface area contributed by atoms with Gasteiger partial charge in [0.05, 0.1) is 12.8 Å². The van der Waals surface area contributed by atoms with Crippen molar-refractivity contribution in [1.29, 1.82) is 5.26 Å². The number of hydrogen-bond donors (Lipinski definition) is 1. The Morgan fingerprint density at radius 3 is 2.54 bits per heavy atom. The first kappa shape index (κ1) is 9.33. The lowest BCUT2D eigenvalue weighted by atomic mass is 10.1. The molecule has 0 radical (unpaired) electrons. The summed E-state index contributed by atoms with van der Waals surface area (Å²) in [6.07, 6.45) is 0. The number of nitriles is 1. The zero-order valence-electron chi connectivity index (χ0n) is 7.76. The summed E-state index contributed by atoms with van der Waals surface area (Å²) in [7, 11) is 1.51. The van der Waals surface area contributed by atoms with Crippen LogP contribution in [-0.2, 0) is 0 Å². The molecule has 0 atom stereocenters. The molecule has 0 saturated heterocycles. The van der Waals surface area contributed by atoms with Crippen molar-refractivity contribution in [2.24, 2.45) is 0 Å². The van der Waals surface area contributed by atoms with Crippen molar-refractivity contribution in [3.05, 3.63) is 27.2 Å². The van der Waals surface area contributed by atoms with Crippen LogP contribution in [0.2, 0.25) is 0 Å². The van der Waals surface area contributed by atoms with Crippen LogP contribution in [0.15, 0.2) is 4.79 Å². The number of ether oxygens (including phenoxy) is 1. The van der Waals surface area contributed by atoms with Crippen LogP contribution in [0, 0.1) is 25.2 Å². The van der Waals surface area contributed by atoms with Gasteiger partial charge in [0.1, 0.15) is 17.4 Å². The Kier molecular flexibility index (Phi) is 2.38. The first-order valence-corrected chi connectivity index (χ1v) is 3.79. The van der Waals surface area contributed by atoms with Gasteiger partial charge in [0.25, 0.3) is 5.56 Å². The summed E-state index contributed by atoms with van der Waals surface area (Å²) in [5, 5.41) is 8.68. The third kappa shape index (κ3) is 1.41. The van der Waals surface area contributed by atoms with E-state index < -0.39 is 0 Å². The summed E-state index contributed by atoms with van der Waals surface area (Å²) < 4.78 is 5.05. The van der Waals surface area contributed by atoms with Crippen LogP contribution < -0.4 is 10.3 Å². The van der Waals surface area contributed by atoms with Crippen LogP contribution in [0.5, 0.6) is 5.75 Å². The molecule has 0 aliphatic rings. The maximum Gasteiger partial charge on any atom is 0.266 e. The molecule has 0 unspecified atom stereocenters. The summed E-state index contributed by atoms with van der Waals surface area (Å²) in [4.78, 5) is 13.8. The first-order chi connectivity index (χ1) is 6.11. The molecule has 1 heterocycles. The molecule has 68 valence electrons. The molecule has 13 heavy (non-hydrogen) atoms. The highest BCUT2D eigenvalue weighted by atomic mass is 16.5. The summed E-state index contributed by atoms with van der Waals surface area (Å²) in [5.74, 6) is 0.566. The normalized spacial score (nSPS) is 9.38. The van der Waals surface area contributed by atoms with Crippen molar-refractivity contribution in [3.8, 4) is 11.8 Å². The topological polar surface area (TPSA) is 65.9 Å². The van der Waals surface area contributed by atoms with Crippen LogP contribution in [0.3, 0.4) is 0 Å². The highest BCUT2D eigenvalue weighted by molar-refractivity contribution is 5.46. The zero-order chi connectivity index (χ0) is 10.0. The number of methoxy groups -OCH3 is 1. The largest absolute Gasteiger partial charge is 0.495 e. The monoisotopic (exact) mass is 178 g/mol. The van der Waals surface area contributed by atoms with Gasteiger partial charge in [-0.3, -0.25) is 4.79 Å². The Bertz CT molecular complexity index is 426. The predicted octanol–water partition coefficient (Wildman–Crippen LogP) is 0.872. The smallest absolute Gasteiger partial charge is 0.266 e. The van der Waals surface area contributed by atoms with Crippen molar-refractivity contribution in [2.45, 2.75) is 13.8 Å². The third-order valence-electron chi connectivity index (χ3n) is 1.90. The van der Waals surface area contributed by atoms with E-state index in [9.17, 15) is 4.79 Å². The van der Waals surface area contributed by atoms with Crippen LogP contribution >= 0.6 is 0 Å². The van der Waals surface area contributed by atoms with Crippen LogP contribution in [0.4, 0.5) is 0 Å². The Morgan fingerprint density at radius 2 is 2.08 bits per heavy atom. The molecule has 0 aliphatic carbocycles. The lowest BCUT2D eigenvalue weighted by Crippen LogP contribution is -2.14. The molecule has 0 amide bonds. The minimum Gasteiger partial charge on any atom is -0.495 e. The molecule has 1 rings (SSSR count). The summed E-state index contributed by atoms with van der Waals surface area (Å²) >= 11 is 0. The molecular formula is C9H10N2O2. The summed E-state index contributed by atoms with van der Waals surface area (Å²) in [6, 6.07) is 1.84. The van der Waals surface area contributed by atoms with Gasteiger partial charge in [-0.15, -0.1) is 0 Å².